The summed E-state index contributed by atoms with van der Waals surface area (Å²) in [5, 5.41) is 2.79. The number of aromatic nitrogens is 1. The summed E-state index contributed by atoms with van der Waals surface area (Å²) < 4.78 is 0. The van der Waals surface area contributed by atoms with E-state index in [0.717, 1.165) is 5.56 Å². The number of carbonyl (C=O) groups is 1. The van der Waals surface area contributed by atoms with Crippen molar-refractivity contribution in [2.45, 2.75) is 20.8 Å². The number of hydrogen-bond donors (Lipinski definition) is 1. The Labute approximate surface area is 100 Å². The summed E-state index contributed by atoms with van der Waals surface area (Å²) in [4.78, 5) is 20.0. The van der Waals surface area contributed by atoms with E-state index in [1.807, 2.05) is 32.9 Å². The molecule has 1 aliphatic heterocycles. The summed E-state index contributed by atoms with van der Waals surface area (Å²) in [7, 11) is 0. The Morgan fingerprint density at radius 3 is 2.41 bits per heavy atom. The molecule has 0 saturated carbocycles. The molecule has 0 aliphatic carbocycles. The summed E-state index contributed by atoms with van der Waals surface area (Å²) in [6.45, 7) is 6.05. The lowest BCUT2D eigenvalue weighted by atomic mass is 9.95. The summed E-state index contributed by atoms with van der Waals surface area (Å²) in [5.74, 6) is 0.564. The zero-order valence-corrected chi connectivity index (χ0v) is 10.2. The molecule has 1 aromatic rings. The van der Waals surface area contributed by atoms with Gasteiger partial charge in [0.05, 0.1) is 0 Å². The molecule has 0 fully saturated rings. The number of hydrogen-bond acceptors (Lipinski definition) is 3. The van der Waals surface area contributed by atoms with Crippen molar-refractivity contribution in [3.8, 4) is 0 Å². The smallest absolute Gasteiger partial charge is 0.275 e. The quantitative estimate of drug-likeness (QED) is 0.749. The van der Waals surface area contributed by atoms with Crippen molar-refractivity contribution < 1.29 is 4.79 Å². The van der Waals surface area contributed by atoms with E-state index in [2.05, 4.69) is 15.3 Å². The number of aliphatic imine (C=N–C) groups is 1. The molecule has 1 amide bonds. The van der Waals surface area contributed by atoms with Gasteiger partial charge in [-0.15, -0.1) is 0 Å². The maximum atomic E-state index is 11.7. The second-order valence-electron chi connectivity index (χ2n) is 4.97. The number of rotatable bonds is 1. The molecule has 4 nitrogen and oxygen atoms in total. The number of nitrogens with zero attached hydrogens (tertiary/aromatic N) is 2. The number of nitrogens with one attached hydrogen (secondary N) is 1. The monoisotopic (exact) mass is 229 g/mol. The first kappa shape index (κ1) is 11.5. The van der Waals surface area contributed by atoms with Crippen molar-refractivity contribution in [2.24, 2.45) is 10.4 Å². The SMILES string of the molecule is CC(C)(C)C1=N/C(=C/c2ccncc2)C(=O)N1. The van der Waals surface area contributed by atoms with Gasteiger partial charge in [-0.25, -0.2) is 4.99 Å². The molecule has 1 aromatic heterocycles. The van der Waals surface area contributed by atoms with Crippen LogP contribution in [-0.2, 0) is 4.79 Å². The average molecular weight is 229 g/mol. The van der Waals surface area contributed by atoms with E-state index in [1.165, 1.54) is 0 Å². The molecule has 2 heterocycles. The third-order valence-corrected chi connectivity index (χ3v) is 2.42. The fourth-order valence-electron chi connectivity index (χ4n) is 1.44. The summed E-state index contributed by atoms with van der Waals surface area (Å²) in [5.41, 5.74) is 1.22. The van der Waals surface area contributed by atoms with Crippen molar-refractivity contribution in [3.63, 3.8) is 0 Å². The topological polar surface area (TPSA) is 54.4 Å². The predicted octanol–water partition coefficient (Wildman–Crippen LogP) is 2.00. The molecular formula is C13H15N3O. The highest BCUT2D eigenvalue weighted by molar-refractivity contribution is 6.15. The normalized spacial score (nSPS) is 18.2. The second-order valence-corrected chi connectivity index (χ2v) is 4.97. The molecule has 0 bridgehead atoms. The van der Waals surface area contributed by atoms with Crippen LogP contribution in [0.25, 0.3) is 6.08 Å². The van der Waals surface area contributed by atoms with Crippen LogP contribution in [0.3, 0.4) is 0 Å². The zero-order chi connectivity index (χ0) is 12.5. The minimum Gasteiger partial charge on any atom is -0.308 e. The number of amidine groups is 1. The van der Waals surface area contributed by atoms with Crippen LogP contribution in [0.4, 0.5) is 0 Å². The molecule has 0 saturated heterocycles. The molecule has 0 unspecified atom stereocenters. The lowest BCUT2D eigenvalue weighted by Crippen LogP contribution is -2.34. The maximum Gasteiger partial charge on any atom is 0.275 e. The summed E-state index contributed by atoms with van der Waals surface area (Å²) in [6.07, 6.45) is 5.14. The molecule has 17 heavy (non-hydrogen) atoms. The Balaban J connectivity index is 2.32. The number of pyridine rings is 1. The van der Waals surface area contributed by atoms with Crippen molar-refractivity contribution in [2.75, 3.05) is 0 Å². The van der Waals surface area contributed by atoms with Gasteiger partial charge >= 0.3 is 0 Å². The molecule has 1 N–H and O–H groups in total. The zero-order valence-electron chi connectivity index (χ0n) is 10.2. The van der Waals surface area contributed by atoms with E-state index in [1.54, 1.807) is 18.5 Å². The molecular weight excluding hydrogens is 214 g/mol. The Hall–Kier alpha value is -1.97. The molecule has 2 rings (SSSR count). The molecule has 0 radical (unpaired) electrons. The van der Waals surface area contributed by atoms with Crippen molar-refractivity contribution in [3.05, 3.63) is 35.8 Å². The van der Waals surface area contributed by atoms with Crippen LogP contribution in [0.5, 0.6) is 0 Å². The minimum absolute atomic E-state index is 0.147. The Kier molecular flexibility index (Phi) is 2.79. The van der Waals surface area contributed by atoms with Gasteiger partial charge in [-0.05, 0) is 23.8 Å². The minimum atomic E-state index is -0.149. The fourth-order valence-corrected chi connectivity index (χ4v) is 1.44. The van der Waals surface area contributed by atoms with Crippen molar-refractivity contribution >= 4 is 17.8 Å². The predicted molar refractivity (Wildman–Crippen MR) is 67.2 cm³/mol. The van der Waals surface area contributed by atoms with Gasteiger partial charge in [0.1, 0.15) is 11.5 Å². The van der Waals surface area contributed by atoms with Gasteiger partial charge in [0.25, 0.3) is 5.91 Å². The Bertz CT molecular complexity index is 495. The Morgan fingerprint density at radius 1 is 1.24 bits per heavy atom. The molecule has 4 heteroatoms. The van der Waals surface area contributed by atoms with Gasteiger partial charge in [-0.1, -0.05) is 20.8 Å². The number of carbonyl (C=O) groups excluding carboxylic acids is 1. The first-order valence-electron chi connectivity index (χ1n) is 5.49. The lowest BCUT2D eigenvalue weighted by Gasteiger charge is -2.16. The third-order valence-electron chi connectivity index (χ3n) is 2.42. The lowest BCUT2D eigenvalue weighted by molar-refractivity contribution is -0.115. The third kappa shape index (κ3) is 2.58. The van der Waals surface area contributed by atoms with Crippen LogP contribution in [0.2, 0.25) is 0 Å². The van der Waals surface area contributed by atoms with Gasteiger partial charge in [0, 0.05) is 17.8 Å². The van der Waals surface area contributed by atoms with Gasteiger partial charge in [0.15, 0.2) is 0 Å². The largest absolute Gasteiger partial charge is 0.308 e. The highest BCUT2D eigenvalue weighted by Gasteiger charge is 2.28. The van der Waals surface area contributed by atoms with E-state index in [9.17, 15) is 4.79 Å². The fraction of sp³-hybridized carbons (Fsp3) is 0.308. The van der Waals surface area contributed by atoms with Crippen LogP contribution in [-0.4, -0.2) is 16.7 Å². The first-order chi connectivity index (χ1) is 7.97. The average Bonchev–Trinajstić information content (AvgIpc) is 2.62. The van der Waals surface area contributed by atoms with E-state index < -0.39 is 0 Å². The Morgan fingerprint density at radius 2 is 1.88 bits per heavy atom. The van der Waals surface area contributed by atoms with Crippen LogP contribution in [0.15, 0.2) is 35.2 Å². The van der Waals surface area contributed by atoms with E-state index in [0.29, 0.717) is 11.5 Å². The number of amides is 1. The van der Waals surface area contributed by atoms with Crippen LogP contribution >= 0.6 is 0 Å². The molecule has 1 aliphatic rings. The van der Waals surface area contributed by atoms with Crippen LogP contribution < -0.4 is 5.32 Å². The standard InChI is InChI=1S/C13H15N3O/c1-13(2,3)12-15-10(11(17)16-12)8-9-4-6-14-7-5-9/h4-8H,1-3H3,(H,15,16,17)/b10-8+. The van der Waals surface area contributed by atoms with E-state index in [4.69, 9.17) is 0 Å². The molecule has 0 aromatic carbocycles. The van der Waals surface area contributed by atoms with Crippen LogP contribution in [0.1, 0.15) is 26.3 Å². The van der Waals surface area contributed by atoms with Gasteiger partial charge in [0.2, 0.25) is 0 Å². The molecule has 88 valence electrons. The second kappa shape index (κ2) is 4.13. The molecule has 0 atom stereocenters. The van der Waals surface area contributed by atoms with E-state index >= 15 is 0 Å². The summed E-state index contributed by atoms with van der Waals surface area (Å²) in [6, 6.07) is 3.68. The van der Waals surface area contributed by atoms with Crippen molar-refractivity contribution in [1.82, 2.24) is 10.3 Å². The van der Waals surface area contributed by atoms with Gasteiger partial charge in [-0.2, -0.15) is 0 Å². The van der Waals surface area contributed by atoms with Gasteiger partial charge < -0.3 is 5.32 Å². The van der Waals surface area contributed by atoms with Crippen LogP contribution in [0, 0.1) is 5.41 Å². The maximum absolute atomic E-state index is 11.7. The van der Waals surface area contributed by atoms with Crippen molar-refractivity contribution in [1.29, 1.82) is 0 Å². The first-order valence-corrected chi connectivity index (χ1v) is 5.49. The highest BCUT2D eigenvalue weighted by atomic mass is 16.2. The van der Waals surface area contributed by atoms with Gasteiger partial charge in [-0.3, -0.25) is 9.78 Å². The molecule has 0 spiro atoms. The van der Waals surface area contributed by atoms with E-state index in [-0.39, 0.29) is 11.3 Å². The highest BCUT2D eigenvalue weighted by Crippen LogP contribution is 2.21. The summed E-state index contributed by atoms with van der Waals surface area (Å²) >= 11 is 0.